The molecule has 0 bridgehead atoms. The molecule has 19 heavy (non-hydrogen) atoms. The summed E-state index contributed by atoms with van der Waals surface area (Å²) in [6.45, 7) is 2.21. The molecule has 1 saturated carbocycles. The standard InChI is InChI=1S/C12H17N3O3S/c1-8-14-9(7-19-8)6-13-11(18)15-12(10(16)17)4-2-3-5-12/h7H,2-6H2,1H3,(H,16,17)(H2,13,15,18). The molecule has 1 fully saturated rings. The monoisotopic (exact) mass is 283 g/mol. The van der Waals surface area contributed by atoms with E-state index in [9.17, 15) is 14.7 Å². The molecule has 0 aliphatic heterocycles. The van der Waals surface area contributed by atoms with Crippen molar-refractivity contribution in [2.45, 2.75) is 44.7 Å². The van der Waals surface area contributed by atoms with Crippen LogP contribution < -0.4 is 10.6 Å². The van der Waals surface area contributed by atoms with Crippen molar-refractivity contribution < 1.29 is 14.7 Å². The smallest absolute Gasteiger partial charge is 0.329 e. The molecule has 7 heteroatoms. The predicted molar refractivity (Wildman–Crippen MR) is 71.1 cm³/mol. The van der Waals surface area contributed by atoms with Crippen molar-refractivity contribution in [1.29, 1.82) is 0 Å². The first kappa shape index (κ1) is 13.8. The number of thiazole rings is 1. The predicted octanol–water partition coefficient (Wildman–Crippen LogP) is 1.65. The van der Waals surface area contributed by atoms with Crippen LogP contribution in [0.4, 0.5) is 4.79 Å². The third-order valence-electron chi connectivity index (χ3n) is 3.32. The lowest BCUT2D eigenvalue weighted by atomic mass is 9.98. The summed E-state index contributed by atoms with van der Waals surface area (Å²) in [6.07, 6.45) is 2.65. The number of aliphatic carboxylic acids is 1. The molecule has 6 nitrogen and oxygen atoms in total. The fourth-order valence-electron chi connectivity index (χ4n) is 2.29. The zero-order valence-corrected chi connectivity index (χ0v) is 11.5. The number of aromatic nitrogens is 1. The Hall–Kier alpha value is -1.63. The highest BCUT2D eigenvalue weighted by Crippen LogP contribution is 2.29. The van der Waals surface area contributed by atoms with Gasteiger partial charge in [-0.05, 0) is 19.8 Å². The third kappa shape index (κ3) is 3.23. The molecule has 2 rings (SSSR count). The average Bonchev–Trinajstić information content (AvgIpc) is 2.97. The van der Waals surface area contributed by atoms with Crippen molar-refractivity contribution in [3.8, 4) is 0 Å². The van der Waals surface area contributed by atoms with Crippen molar-refractivity contribution in [1.82, 2.24) is 15.6 Å². The van der Waals surface area contributed by atoms with Gasteiger partial charge in [-0.3, -0.25) is 0 Å². The summed E-state index contributed by atoms with van der Waals surface area (Å²) in [5.74, 6) is -0.954. The first-order valence-corrected chi connectivity index (χ1v) is 7.10. The largest absolute Gasteiger partial charge is 0.480 e. The van der Waals surface area contributed by atoms with E-state index in [-0.39, 0.29) is 0 Å². The van der Waals surface area contributed by atoms with Crippen LogP contribution in [0.25, 0.3) is 0 Å². The highest BCUT2D eigenvalue weighted by molar-refractivity contribution is 7.09. The Kier molecular flexibility index (Phi) is 4.04. The molecule has 3 N–H and O–H groups in total. The quantitative estimate of drug-likeness (QED) is 0.783. The van der Waals surface area contributed by atoms with Crippen LogP contribution in [-0.4, -0.2) is 27.6 Å². The van der Waals surface area contributed by atoms with E-state index in [1.807, 2.05) is 12.3 Å². The second-order valence-corrected chi connectivity index (χ2v) is 5.82. The number of nitrogens with one attached hydrogen (secondary N) is 2. The first-order chi connectivity index (χ1) is 9.02. The molecule has 1 aliphatic carbocycles. The summed E-state index contributed by atoms with van der Waals surface area (Å²) in [5.41, 5.74) is -0.310. The Balaban J connectivity index is 1.88. The molecule has 1 aromatic heterocycles. The van der Waals surface area contributed by atoms with Gasteiger partial charge < -0.3 is 15.7 Å². The van der Waals surface area contributed by atoms with Crippen LogP contribution in [0.3, 0.4) is 0 Å². The minimum absolute atomic E-state index is 0.311. The average molecular weight is 283 g/mol. The summed E-state index contributed by atoms with van der Waals surface area (Å²) in [5, 5.41) is 17.3. The van der Waals surface area contributed by atoms with Gasteiger partial charge in [-0.2, -0.15) is 0 Å². The maximum absolute atomic E-state index is 11.8. The Morgan fingerprint density at radius 2 is 2.16 bits per heavy atom. The van der Waals surface area contributed by atoms with Crippen molar-refractivity contribution in [3.63, 3.8) is 0 Å². The van der Waals surface area contributed by atoms with Gasteiger partial charge >= 0.3 is 12.0 Å². The fourth-order valence-corrected chi connectivity index (χ4v) is 2.91. The topological polar surface area (TPSA) is 91.3 Å². The fraction of sp³-hybridized carbons (Fsp3) is 0.583. The van der Waals surface area contributed by atoms with Crippen molar-refractivity contribution in [2.75, 3.05) is 0 Å². The number of hydrogen-bond acceptors (Lipinski definition) is 4. The number of carbonyl (C=O) groups excluding carboxylic acids is 1. The SMILES string of the molecule is Cc1nc(CNC(=O)NC2(C(=O)O)CCCC2)cs1. The number of hydrogen-bond donors (Lipinski definition) is 3. The van der Waals surface area contributed by atoms with Gasteiger partial charge in [0.1, 0.15) is 5.54 Å². The number of carbonyl (C=O) groups is 2. The van der Waals surface area contributed by atoms with Gasteiger partial charge in [-0.15, -0.1) is 11.3 Å². The van der Waals surface area contributed by atoms with Gasteiger partial charge in [-0.25, -0.2) is 14.6 Å². The Morgan fingerprint density at radius 3 is 2.68 bits per heavy atom. The molecule has 104 valence electrons. The van der Waals surface area contributed by atoms with Gasteiger partial charge in [0.2, 0.25) is 0 Å². The molecular formula is C12H17N3O3S. The summed E-state index contributed by atoms with van der Waals surface area (Å²) >= 11 is 1.52. The number of amides is 2. The van der Waals surface area contributed by atoms with Crippen molar-refractivity contribution in [3.05, 3.63) is 16.1 Å². The first-order valence-electron chi connectivity index (χ1n) is 6.22. The molecule has 0 saturated heterocycles. The van der Waals surface area contributed by atoms with Crippen molar-refractivity contribution in [2.24, 2.45) is 0 Å². The van der Waals surface area contributed by atoms with Gasteiger partial charge in [0, 0.05) is 5.38 Å². The van der Waals surface area contributed by atoms with Crippen LogP contribution in [0.1, 0.15) is 36.4 Å². The van der Waals surface area contributed by atoms with Gasteiger partial charge in [0.25, 0.3) is 0 Å². The summed E-state index contributed by atoms with van der Waals surface area (Å²) in [7, 11) is 0. The van der Waals surface area contributed by atoms with E-state index in [1.54, 1.807) is 0 Å². The van der Waals surface area contributed by atoms with Crippen LogP contribution in [0.5, 0.6) is 0 Å². The molecule has 1 aromatic rings. The summed E-state index contributed by atoms with van der Waals surface area (Å²) < 4.78 is 0. The lowest BCUT2D eigenvalue weighted by molar-refractivity contribution is -0.144. The number of aryl methyl sites for hydroxylation is 1. The van der Waals surface area contributed by atoms with E-state index < -0.39 is 17.5 Å². The zero-order valence-electron chi connectivity index (χ0n) is 10.7. The number of carboxylic acid groups (broad SMARTS) is 1. The van der Waals surface area contributed by atoms with Crippen LogP contribution in [0, 0.1) is 6.92 Å². The van der Waals surface area contributed by atoms with E-state index >= 15 is 0 Å². The summed E-state index contributed by atoms with van der Waals surface area (Å²) in [4.78, 5) is 27.3. The van der Waals surface area contributed by atoms with E-state index in [0.29, 0.717) is 19.4 Å². The lowest BCUT2D eigenvalue weighted by Crippen LogP contribution is -2.55. The molecule has 0 atom stereocenters. The molecule has 2 amide bonds. The molecule has 0 spiro atoms. The second-order valence-electron chi connectivity index (χ2n) is 4.76. The molecule has 0 unspecified atom stereocenters. The van der Waals surface area contributed by atoms with Crippen LogP contribution in [0.2, 0.25) is 0 Å². The molecule has 0 radical (unpaired) electrons. The van der Waals surface area contributed by atoms with Crippen LogP contribution >= 0.6 is 11.3 Å². The zero-order chi connectivity index (χ0) is 13.9. The number of carboxylic acids is 1. The number of rotatable bonds is 4. The molecule has 0 aromatic carbocycles. The minimum atomic E-state index is -1.10. The van der Waals surface area contributed by atoms with E-state index in [0.717, 1.165) is 23.5 Å². The Morgan fingerprint density at radius 1 is 1.47 bits per heavy atom. The second kappa shape index (κ2) is 5.56. The number of nitrogens with zero attached hydrogens (tertiary/aromatic N) is 1. The van der Waals surface area contributed by atoms with Gasteiger partial charge in [0.15, 0.2) is 0 Å². The Bertz CT molecular complexity index is 480. The van der Waals surface area contributed by atoms with E-state index in [4.69, 9.17) is 0 Å². The van der Waals surface area contributed by atoms with Crippen molar-refractivity contribution >= 4 is 23.3 Å². The number of urea groups is 1. The maximum Gasteiger partial charge on any atom is 0.329 e. The highest BCUT2D eigenvalue weighted by Gasteiger charge is 2.42. The van der Waals surface area contributed by atoms with Gasteiger partial charge in [0.05, 0.1) is 17.2 Å². The highest BCUT2D eigenvalue weighted by atomic mass is 32.1. The molecular weight excluding hydrogens is 266 g/mol. The third-order valence-corrected chi connectivity index (χ3v) is 4.14. The molecule has 1 heterocycles. The van der Waals surface area contributed by atoms with Gasteiger partial charge in [-0.1, -0.05) is 12.8 Å². The Labute approximate surface area is 115 Å². The normalized spacial score (nSPS) is 17.1. The van der Waals surface area contributed by atoms with E-state index in [1.165, 1.54) is 11.3 Å². The van der Waals surface area contributed by atoms with E-state index in [2.05, 4.69) is 15.6 Å². The van der Waals surface area contributed by atoms with Crippen LogP contribution in [0.15, 0.2) is 5.38 Å². The maximum atomic E-state index is 11.8. The summed E-state index contributed by atoms with van der Waals surface area (Å²) in [6, 6.07) is -0.449. The van der Waals surface area contributed by atoms with Crippen LogP contribution in [-0.2, 0) is 11.3 Å². The molecule has 1 aliphatic rings. The minimum Gasteiger partial charge on any atom is -0.480 e. The lowest BCUT2D eigenvalue weighted by Gasteiger charge is -2.25.